The molecule has 0 aromatic heterocycles. The van der Waals surface area contributed by atoms with Crippen molar-refractivity contribution in [3.63, 3.8) is 0 Å². The van der Waals surface area contributed by atoms with E-state index in [-0.39, 0.29) is 0 Å². The van der Waals surface area contributed by atoms with Crippen molar-refractivity contribution in [1.29, 1.82) is 0 Å². The van der Waals surface area contributed by atoms with E-state index >= 15 is 0 Å². The highest BCUT2D eigenvalue weighted by atomic mass is 32.1. The molecule has 1 fully saturated rings. The topological polar surface area (TPSA) is 29.3 Å². The Bertz CT molecular complexity index is 400. The SMILES string of the molecule is CCCCN(C1CC1)C(CC(N)=S)c1ccccc1. The third kappa shape index (κ3) is 4.29. The monoisotopic (exact) mass is 276 g/mol. The van der Waals surface area contributed by atoms with E-state index in [4.69, 9.17) is 18.0 Å². The number of thiocarbonyl (C=S) groups is 1. The molecule has 0 aliphatic heterocycles. The molecule has 0 spiro atoms. The molecule has 19 heavy (non-hydrogen) atoms. The molecule has 0 bridgehead atoms. The van der Waals surface area contributed by atoms with Crippen LogP contribution in [-0.4, -0.2) is 22.5 Å². The van der Waals surface area contributed by atoms with Gasteiger partial charge in [0.1, 0.15) is 0 Å². The maximum absolute atomic E-state index is 5.82. The average molecular weight is 276 g/mol. The summed E-state index contributed by atoms with van der Waals surface area (Å²) < 4.78 is 0. The zero-order chi connectivity index (χ0) is 13.7. The molecule has 1 atom stereocenters. The van der Waals surface area contributed by atoms with Gasteiger partial charge in [-0.25, -0.2) is 0 Å². The van der Waals surface area contributed by atoms with Crippen molar-refractivity contribution in [2.75, 3.05) is 6.54 Å². The number of benzene rings is 1. The predicted molar refractivity (Wildman–Crippen MR) is 85.2 cm³/mol. The third-order valence-electron chi connectivity index (χ3n) is 3.76. The summed E-state index contributed by atoms with van der Waals surface area (Å²) in [5.74, 6) is 0. The van der Waals surface area contributed by atoms with Gasteiger partial charge in [-0.2, -0.15) is 0 Å². The fourth-order valence-corrected chi connectivity index (χ4v) is 2.79. The van der Waals surface area contributed by atoms with Gasteiger partial charge in [0.2, 0.25) is 0 Å². The summed E-state index contributed by atoms with van der Waals surface area (Å²) in [5, 5.41) is 0. The molecule has 1 aliphatic rings. The van der Waals surface area contributed by atoms with Crippen LogP contribution < -0.4 is 5.73 Å². The molecule has 0 heterocycles. The first-order valence-corrected chi connectivity index (χ1v) is 7.72. The van der Waals surface area contributed by atoms with Crippen molar-refractivity contribution >= 4 is 17.2 Å². The molecule has 3 heteroatoms. The van der Waals surface area contributed by atoms with Crippen LogP contribution in [0.15, 0.2) is 30.3 Å². The molecular formula is C16H24N2S. The van der Waals surface area contributed by atoms with E-state index in [0.29, 0.717) is 11.0 Å². The van der Waals surface area contributed by atoms with Crippen molar-refractivity contribution in [3.05, 3.63) is 35.9 Å². The zero-order valence-corrected chi connectivity index (χ0v) is 12.5. The maximum Gasteiger partial charge on any atom is 0.0746 e. The lowest BCUT2D eigenvalue weighted by atomic mass is 10.0. The Balaban J connectivity index is 2.16. The van der Waals surface area contributed by atoms with Crippen molar-refractivity contribution in [2.45, 2.75) is 51.1 Å². The average Bonchev–Trinajstić information content (AvgIpc) is 3.23. The molecule has 1 aliphatic carbocycles. The highest BCUT2D eigenvalue weighted by molar-refractivity contribution is 7.80. The number of rotatable bonds is 8. The van der Waals surface area contributed by atoms with Crippen LogP contribution in [0.1, 0.15) is 50.6 Å². The van der Waals surface area contributed by atoms with Crippen molar-refractivity contribution in [1.82, 2.24) is 4.90 Å². The van der Waals surface area contributed by atoms with Gasteiger partial charge in [0, 0.05) is 18.5 Å². The van der Waals surface area contributed by atoms with Crippen LogP contribution in [0, 0.1) is 0 Å². The van der Waals surface area contributed by atoms with E-state index < -0.39 is 0 Å². The number of nitrogens with two attached hydrogens (primary N) is 1. The van der Waals surface area contributed by atoms with Crippen LogP contribution in [0.5, 0.6) is 0 Å². The number of hydrogen-bond acceptors (Lipinski definition) is 2. The summed E-state index contributed by atoms with van der Waals surface area (Å²) in [5.41, 5.74) is 7.17. The molecule has 0 saturated heterocycles. The second-order valence-electron chi connectivity index (χ2n) is 5.42. The minimum absolute atomic E-state index is 0.359. The molecule has 1 saturated carbocycles. The van der Waals surface area contributed by atoms with Gasteiger partial charge >= 0.3 is 0 Å². The van der Waals surface area contributed by atoms with Crippen molar-refractivity contribution in [3.8, 4) is 0 Å². The van der Waals surface area contributed by atoms with Crippen molar-refractivity contribution in [2.24, 2.45) is 5.73 Å². The van der Waals surface area contributed by atoms with E-state index in [0.717, 1.165) is 19.0 Å². The van der Waals surface area contributed by atoms with Gasteiger partial charge in [-0.3, -0.25) is 4.90 Å². The minimum Gasteiger partial charge on any atom is -0.393 e. The van der Waals surface area contributed by atoms with Crippen LogP contribution in [0.25, 0.3) is 0 Å². The van der Waals surface area contributed by atoms with Gasteiger partial charge in [0.25, 0.3) is 0 Å². The van der Waals surface area contributed by atoms with E-state index in [1.54, 1.807) is 0 Å². The molecular weight excluding hydrogens is 252 g/mol. The molecule has 2 rings (SSSR count). The lowest BCUT2D eigenvalue weighted by Gasteiger charge is -2.32. The van der Waals surface area contributed by atoms with Crippen LogP contribution in [0.3, 0.4) is 0 Å². The number of nitrogens with zero attached hydrogens (tertiary/aromatic N) is 1. The Hall–Kier alpha value is -0.930. The fraction of sp³-hybridized carbons (Fsp3) is 0.562. The first kappa shape index (κ1) is 14.5. The summed E-state index contributed by atoms with van der Waals surface area (Å²) in [7, 11) is 0. The molecule has 2 nitrogen and oxygen atoms in total. The quantitative estimate of drug-likeness (QED) is 0.735. The Morgan fingerprint density at radius 3 is 2.58 bits per heavy atom. The van der Waals surface area contributed by atoms with E-state index in [9.17, 15) is 0 Å². The highest BCUT2D eigenvalue weighted by Crippen LogP contribution is 2.36. The molecule has 104 valence electrons. The maximum atomic E-state index is 5.82. The lowest BCUT2D eigenvalue weighted by molar-refractivity contribution is 0.188. The first-order valence-electron chi connectivity index (χ1n) is 7.31. The summed E-state index contributed by atoms with van der Waals surface area (Å²) >= 11 is 5.16. The molecule has 1 aromatic carbocycles. The minimum atomic E-state index is 0.359. The summed E-state index contributed by atoms with van der Waals surface area (Å²) in [4.78, 5) is 3.24. The van der Waals surface area contributed by atoms with E-state index in [1.807, 2.05) is 0 Å². The molecule has 1 unspecified atom stereocenters. The van der Waals surface area contributed by atoms with Gasteiger partial charge in [0.05, 0.1) is 4.99 Å². The number of hydrogen-bond donors (Lipinski definition) is 1. The van der Waals surface area contributed by atoms with Crippen LogP contribution in [0.4, 0.5) is 0 Å². The Kier molecular flexibility index (Phi) is 5.34. The van der Waals surface area contributed by atoms with Gasteiger partial charge in [-0.1, -0.05) is 55.9 Å². The second-order valence-corrected chi connectivity index (χ2v) is 5.94. The van der Waals surface area contributed by atoms with Gasteiger partial charge in [-0.15, -0.1) is 0 Å². The van der Waals surface area contributed by atoms with Gasteiger partial charge in [0.15, 0.2) is 0 Å². The van der Waals surface area contributed by atoms with Gasteiger partial charge < -0.3 is 5.73 Å². The number of unbranched alkanes of at least 4 members (excludes halogenated alkanes) is 1. The smallest absolute Gasteiger partial charge is 0.0746 e. The third-order valence-corrected chi connectivity index (χ3v) is 3.93. The van der Waals surface area contributed by atoms with E-state index in [2.05, 4.69) is 42.2 Å². The fourth-order valence-electron chi connectivity index (χ4n) is 2.63. The van der Waals surface area contributed by atoms with Crippen molar-refractivity contribution < 1.29 is 0 Å². The molecule has 2 N–H and O–H groups in total. The first-order chi connectivity index (χ1) is 9.22. The summed E-state index contributed by atoms with van der Waals surface area (Å²) in [6.45, 7) is 3.40. The van der Waals surface area contributed by atoms with Crippen LogP contribution in [-0.2, 0) is 0 Å². The second kappa shape index (κ2) is 7.01. The van der Waals surface area contributed by atoms with Crippen LogP contribution in [0.2, 0.25) is 0 Å². The molecule has 0 amide bonds. The Morgan fingerprint density at radius 2 is 2.05 bits per heavy atom. The Labute approximate surface area is 122 Å². The Morgan fingerprint density at radius 1 is 1.37 bits per heavy atom. The molecule has 1 aromatic rings. The highest BCUT2D eigenvalue weighted by Gasteiger charge is 2.34. The normalized spacial score (nSPS) is 16.5. The summed E-state index contributed by atoms with van der Waals surface area (Å²) in [6, 6.07) is 11.8. The standard InChI is InChI=1S/C16H24N2S/c1-2-3-11-18(14-9-10-14)15(12-16(17)19)13-7-5-4-6-8-13/h4-8,14-15H,2-3,9-12H2,1H3,(H2,17,19). The van der Waals surface area contributed by atoms with Gasteiger partial charge in [-0.05, 0) is 31.4 Å². The molecule has 0 radical (unpaired) electrons. The summed E-state index contributed by atoms with van der Waals surface area (Å²) in [6.07, 6.45) is 5.92. The zero-order valence-electron chi connectivity index (χ0n) is 11.7. The predicted octanol–water partition coefficient (Wildman–Crippen LogP) is 3.67. The largest absolute Gasteiger partial charge is 0.393 e. The van der Waals surface area contributed by atoms with Crippen LogP contribution >= 0.6 is 12.2 Å². The van der Waals surface area contributed by atoms with E-state index in [1.165, 1.54) is 31.2 Å². The lowest BCUT2D eigenvalue weighted by Crippen LogP contribution is -2.34.